The number of benzene rings is 1. The van der Waals surface area contributed by atoms with Crippen LogP contribution in [0.4, 0.5) is 0 Å². The predicted molar refractivity (Wildman–Crippen MR) is 82.6 cm³/mol. The molecule has 1 fully saturated rings. The Morgan fingerprint density at radius 1 is 1.24 bits per heavy atom. The van der Waals surface area contributed by atoms with Gasteiger partial charge in [0.1, 0.15) is 6.29 Å². The van der Waals surface area contributed by atoms with Gasteiger partial charge >= 0.3 is 0 Å². The molecule has 1 aromatic carbocycles. The zero-order valence-corrected chi connectivity index (χ0v) is 13.5. The van der Waals surface area contributed by atoms with Crippen molar-refractivity contribution in [2.45, 2.75) is 62.9 Å². The standard InChI is InChI=1S/C16H23NO3S/c1-3-4-5-14-8-9-15(12-18)17(14)21(19,20)16-10-6-13(2)7-11-16/h6-7,10-12,14-15H,3-5,8-9H2,1-2H3/t14-,15-/m1/s1. The molecule has 116 valence electrons. The summed E-state index contributed by atoms with van der Waals surface area (Å²) in [6.45, 7) is 4.01. The number of nitrogens with zero attached hydrogens (tertiary/aromatic N) is 1. The summed E-state index contributed by atoms with van der Waals surface area (Å²) in [6, 6.07) is 6.27. The minimum Gasteiger partial charge on any atom is -0.302 e. The van der Waals surface area contributed by atoms with E-state index in [1.165, 1.54) is 4.31 Å². The van der Waals surface area contributed by atoms with E-state index >= 15 is 0 Å². The van der Waals surface area contributed by atoms with E-state index in [1.807, 2.05) is 6.92 Å². The Morgan fingerprint density at radius 2 is 1.90 bits per heavy atom. The number of rotatable bonds is 6. The normalized spacial score (nSPS) is 23.3. The second kappa shape index (κ2) is 6.71. The van der Waals surface area contributed by atoms with Crippen LogP contribution in [0.5, 0.6) is 0 Å². The Balaban J connectivity index is 2.33. The first kappa shape index (κ1) is 16.2. The average molecular weight is 309 g/mol. The minimum atomic E-state index is -3.59. The molecule has 1 aliphatic rings. The van der Waals surface area contributed by atoms with E-state index in [2.05, 4.69) is 6.92 Å². The third kappa shape index (κ3) is 3.35. The Kier molecular flexibility index (Phi) is 5.17. The maximum absolute atomic E-state index is 12.9. The summed E-state index contributed by atoms with van der Waals surface area (Å²) in [6.07, 6.45) is 5.01. The molecule has 2 rings (SSSR count). The largest absolute Gasteiger partial charge is 0.302 e. The Hall–Kier alpha value is -1.20. The first-order chi connectivity index (χ1) is 10.0. The van der Waals surface area contributed by atoms with Crippen molar-refractivity contribution in [2.75, 3.05) is 0 Å². The molecule has 21 heavy (non-hydrogen) atoms. The highest BCUT2D eigenvalue weighted by Crippen LogP contribution is 2.32. The molecule has 0 radical (unpaired) electrons. The maximum Gasteiger partial charge on any atom is 0.243 e. The van der Waals surface area contributed by atoms with Gasteiger partial charge in [-0.15, -0.1) is 0 Å². The molecule has 1 saturated heterocycles. The summed E-state index contributed by atoms with van der Waals surface area (Å²) in [5.74, 6) is 0. The van der Waals surface area contributed by atoms with Gasteiger partial charge in [-0.05, 0) is 38.3 Å². The molecule has 0 amide bonds. The molecule has 0 unspecified atom stereocenters. The predicted octanol–water partition coefficient (Wildman–Crippen LogP) is 2.91. The van der Waals surface area contributed by atoms with Gasteiger partial charge in [0.2, 0.25) is 10.0 Å². The zero-order valence-electron chi connectivity index (χ0n) is 12.7. The van der Waals surface area contributed by atoms with Gasteiger partial charge in [0.05, 0.1) is 10.9 Å². The van der Waals surface area contributed by atoms with E-state index in [0.29, 0.717) is 6.42 Å². The van der Waals surface area contributed by atoms with Crippen LogP contribution in [0.25, 0.3) is 0 Å². The van der Waals surface area contributed by atoms with Gasteiger partial charge in [0.25, 0.3) is 0 Å². The summed E-state index contributed by atoms with van der Waals surface area (Å²) in [4.78, 5) is 11.5. The molecule has 0 spiro atoms. The van der Waals surface area contributed by atoms with Crippen molar-refractivity contribution in [1.82, 2.24) is 4.31 Å². The van der Waals surface area contributed by atoms with E-state index in [9.17, 15) is 13.2 Å². The van der Waals surface area contributed by atoms with Crippen LogP contribution < -0.4 is 0 Å². The average Bonchev–Trinajstić information content (AvgIpc) is 2.89. The lowest BCUT2D eigenvalue weighted by Gasteiger charge is -2.27. The van der Waals surface area contributed by atoms with Crippen LogP contribution >= 0.6 is 0 Å². The molecular formula is C16H23NO3S. The molecule has 0 saturated carbocycles. The van der Waals surface area contributed by atoms with Crippen molar-refractivity contribution >= 4 is 16.3 Å². The van der Waals surface area contributed by atoms with Crippen molar-refractivity contribution in [3.8, 4) is 0 Å². The molecule has 1 aromatic rings. The number of aryl methyl sites for hydroxylation is 1. The van der Waals surface area contributed by atoms with Gasteiger partial charge in [0.15, 0.2) is 0 Å². The molecule has 1 aliphatic heterocycles. The first-order valence-electron chi connectivity index (χ1n) is 7.56. The second-order valence-corrected chi connectivity index (χ2v) is 7.57. The molecular weight excluding hydrogens is 286 g/mol. The lowest BCUT2D eigenvalue weighted by molar-refractivity contribution is -0.110. The fourth-order valence-corrected chi connectivity index (χ4v) is 4.77. The fourth-order valence-electron chi connectivity index (χ4n) is 2.93. The lowest BCUT2D eigenvalue weighted by atomic mass is 10.1. The molecule has 1 heterocycles. The highest BCUT2D eigenvalue weighted by molar-refractivity contribution is 7.89. The molecule has 2 atom stereocenters. The van der Waals surface area contributed by atoms with Crippen molar-refractivity contribution in [3.63, 3.8) is 0 Å². The van der Waals surface area contributed by atoms with Crippen LogP contribution in [-0.4, -0.2) is 31.1 Å². The van der Waals surface area contributed by atoms with Gasteiger partial charge in [-0.3, -0.25) is 0 Å². The quantitative estimate of drug-likeness (QED) is 0.759. The summed E-state index contributed by atoms with van der Waals surface area (Å²) in [7, 11) is -3.59. The lowest BCUT2D eigenvalue weighted by Crippen LogP contribution is -2.41. The minimum absolute atomic E-state index is 0.0496. The van der Waals surface area contributed by atoms with Crippen molar-refractivity contribution < 1.29 is 13.2 Å². The number of carbonyl (C=O) groups excluding carboxylic acids is 1. The monoisotopic (exact) mass is 309 g/mol. The van der Waals surface area contributed by atoms with Crippen LogP contribution in [0.2, 0.25) is 0 Å². The number of hydrogen-bond donors (Lipinski definition) is 0. The third-order valence-corrected chi connectivity index (χ3v) is 6.12. The van der Waals surface area contributed by atoms with E-state index in [1.54, 1.807) is 24.3 Å². The van der Waals surface area contributed by atoms with E-state index < -0.39 is 16.1 Å². The topological polar surface area (TPSA) is 54.5 Å². The molecule has 0 aliphatic carbocycles. The number of hydrogen-bond acceptors (Lipinski definition) is 3. The van der Waals surface area contributed by atoms with Gasteiger partial charge in [-0.25, -0.2) is 8.42 Å². The highest BCUT2D eigenvalue weighted by atomic mass is 32.2. The SMILES string of the molecule is CCCC[C@@H]1CC[C@H](C=O)N1S(=O)(=O)c1ccc(C)cc1. The van der Waals surface area contributed by atoms with Crippen LogP contribution in [-0.2, 0) is 14.8 Å². The number of unbranched alkanes of at least 4 members (excludes halogenated alkanes) is 1. The molecule has 4 nitrogen and oxygen atoms in total. The van der Waals surface area contributed by atoms with Crippen molar-refractivity contribution in [2.24, 2.45) is 0 Å². The number of sulfonamides is 1. The summed E-state index contributed by atoms with van der Waals surface area (Å²) >= 11 is 0. The van der Waals surface area contributed by atoms with Gasteiger partial charge < -0.3 is 4.79 Å². The number of carbonyl (C=O) groups is 1. The van der Waals surface area contributed by atoms with Gasteiger partial charge in [0, 0.05) is 6.04 Å². The molecule has 5 heteroatoms. The van der Waals surface area contributed by atoms with E-state index in [4.69, 9.17) is 0 Å². The fraction of sp³-hybridized carbons (Fsp3) is 0.562. The second-order valence-electron chi connectivity index (χ2n) is 5.72. The summed E-state index contributed by atoms with van der Waals surface area (Å²) in [5.41, 5.74) is 1.02. The van der Waals surface area contributed by atoms with Crippen LogP contribution in [0.1, 0.15) is 44.6 Å². The van der Waals surface area contributed by atoms with Gasteiger partial charge in [-0.2, -0.15) is 4.31 Å². The Bertz CT molecular complexity index is 580. The zero-order chi connectivity index (χ0) is 15.5. The Labute approximate surface area is 127 Å². The third-order valence-electron chi connectivity index (χ3n) is 4.13. The van der Waals surface area contributed by atoms with Crippen LogP contribution in [0.3, 0.4) is 0 Å². The Morgan fingerprint density at radius 3 is 2.48 bits per heavy atom. The highest BCUT2D eigenvalue weighted by Gasteiger charge is 2.41. The smallest absolute Gasteiger partial charge is 0.243 e. The molecule has 0 N–H and O–H groups in total. The van der Waals surface area contributed by atoms with Crippen molar-refractivity contribution in [1.29, 1.82) is 0 Å². The number of aldehydes is 1. The molecule has 0 bridgehead atoms. The van der Waals surface area contributed by atoms with E-state index in [0.717, 1.165) is 37.5 Å². The van der Waals surface area contributed by atoms with Crippen LogP contribution in [0, 0.1) is 6.92 Å². The van der Waals surface area contributed by atoms with E-state index in [-0.39, 0.29) is 10.9 Å². The van der Waals surface area contributed by atoms with Crippen LogP contribution in [0.15, 0.2) is 29.2 Å². The summed E-state index contributed by atoms with van der Waals surface area (Å²) in [5, 5.41) is 0. The first-order valence-corrected chi connectivity index (χ1v) is 9.00. The summed E-state index contributed by atoms with van der Waals surface area (Å²) < 4.78 is 27.2. The van der Waals surface area contributed by atoms with Gasteiger partial charge in [-0.1, -0.05) is 37.5 Å². The molecule has 0 aromatic heterocycles. The van der Waals surface area contributed by atoms with Crippen molar-refractivity contribution in [3.05, 3.63) is 29.8 Å². The maximum atomic E-state index is 12.9.